The van der Waals surface area contributed by atoms with Crippen LogP contribution < -0.4 is 20.5 Å². The third kappa shape index (κ3) is 6.85. The molecule has 0 spiro atoms. The molecule has 19 heavy (non-hydrogen) atoms. The van der Waals surface area contributed by atoms with Gasteiger partial charge < -0.3 is 0 Å². The number of rotatable bonds is 6. The summed E-state index contributed by atoms with van der Waals surface area (Å²) in [6.45, 7) is 1.64. The molecule has 0 fully saturated rings. The number of anilines is 2. The van der Waals surface area contributed by atoms with E-state index in [1.807, 2.05) is 9.66 Å². The molecule has 0 aliphatic heterocycles. The normalized spacial score (nSPS) is 12.2. The monoisotopic (exact) mass is 310 g/mol. The van der Waals surface area contributed by atoms with Crippen molar-refractivity contribution in [2.75, 3.05) is 23.4 Å². The zero-order chi connectivity index (χ0) is 14.7. The summed E-state index contributed by atoms with van der Waals surface area (Å²) in [5.41, 5.74) is 5.15. The maximum atomic E-state index is 10.9. The van der Waals surface area contributed by atoms with Crippen LogP contribution in [0.25, 0.3) is 0 Å². The molecule has 10 nitrogen and oxygen atoms in total. The summed E-state index contributed by atoms with van der Waals surface area (Å²) in [4.78, 5) is 11.8. The van der Waals surface area contributed by atoms with E-state index in [4.69, 9.17) is 0 Å². The van der Waals surface area contributed by atoms with Gasteiger partial charge in [-0.2, -0.15) is 4.98 Å². The van der Waals surface area contributed by atoms with E-state index in [0.29, 0.717) is 5.69 Å². The molecule has 108 valence electrons. The van der Waals surface area contributed by atoms with Gasteiger partial charge in [0.25, 0.3) is 0 Å². The van der Waals surface area contributed by atoms with Gasteiger partial charge in [0.15, 0.2) is 0 Å². The molecule has 0 atom stereocenters. The van der Waals surface area contributed by atoms with Gasteiger partial charge in [0.05, 0.1) is 12.5 Å². The van der Waals surface area contributed by atoms with Crippen molar-refractivity contribution in [3.63, 3.8) is 0 Å². The quantitative estimate of drug-likeness (QED) is 0.467. The fourth-order valence-electron chi connectivity index (χ4n) is 0.972. The fourth-order valence-corrected chi connectivity index (χ4v) is 1.54. The number of hydrazine groups is 2. The maximum absolute atomic E-state index is 10.9. The third-order valence-corrected chi connectivity index (χ3v) is 2.51. The number of nitrogens with one attached hydrogen (secondary N) is 4. The van der Waals surface area contributed by atoms with Gasteiger partial charge in [-0.15, -0.1) is 9.66 Å². The van der Waals surface area contributed by atoms with Gasteiger partial charge in [-0.3, -0.25) is 10.9 Å². The third-order valence-electron chi connectivity index (χ3n) is 1.57. The first kappa shape index (κ1) is 15.6. The van der Waals surface area contributed by atoms with Crippen LogP contribution in [0.2, 0.25) is 0 Å². The zero-order valence-electron chi connectivity index (χ0n) is 10.4. The minimum absolute atomic E-state index is 0.0248. The van der Waals surface area contributed by atoms with E-state index in [-0.39, 0.29) is 11.8 Å². The number of hydrogen-bond donors (Lipinski definition) is 4. The van der Waals surface area contributed by atoms with Crippen LogP contribution in [0.4, 0.5) is 11.8 Å². The summed E-state index contributed by atoms with van der Waals surface area (Å²) in [6, 6.07) is 1.48. The average molecular weight is 310 g/mol. The SMILES string of the molecule is Cc1cc(NNS(C)(=O)=O)nc(NNS(C)(=O)=O)n1. The topological polar surface area (TPSA) is 142 Å². The Morgan fingerprint density at radius 1 is 0.947 bits per heavy atom. The molecule has 1 aromatic heterocycles. The van der Waals surface area contributed by atoms with Crippen LogP contribution in [-0.2, 0) is 20.0 Å². The Bertz CT molecular complexity index is 602. The summed E-state index contributed by atoms with van der Waals surface area (Å²) in [6.07, 6.45) is 1.93. The molecule has 0 saturated heterocycles. The van der Waals surface area contributed by atoms with Crippen molar-refractivity contribution in [2.45, 2.75) is 6.92 Å². The lowest BCUT2D eigenvalue weighted by Gasteiger charge is -2.09. The lowest BCUT2D eigenvalue weighted by atomic mass is 10.4. The summed E-state index contributed by atoms with van der Waals surface area (Å²) >= 11 is 0. The van der Waals surface area contributed by atoms with Crippen molar-refractivity contribution in [1.82, 2.24) is 19.6 Å². The van der Waals surface area contributed by atoms with E-state index in [2.05, 4.69) is 20.8 Å². The Balaban J connectivity index is 2.82. The van der Waals surface area contributed by atoms with E-state index in [1.54, 1.807) is 6.92 Å². The molecule has 12 heteroatoms. The predicted octanol–water partition coefficient (Wildman–Crippen LogP) is -1.46. The van der Waals surface area contributed by atoms with E-state index >= 15 is 0 Å². The second kappa shape index (κ2) is 5.64. The van der Waals surface area contributed by atoms with Crippen LogP contribution in [0.3, 0.4) is 0 Å². The molecule has 0 aliphatic rings. The molecular formula is C7H14N6O4S2. The summed E-state index contributed by atoms with van der Waals surface area (Å²) in [5, 5.41) is 0. The number of hydrogen-bond acceptors (Lipinski definition) is 8. The summed E-state index contributed by atoms with van der Waals surface area (Å²) in [5.74, 6) is 0.138. The summed E-state index contributed by atoms with van der Waals surface area (Å²) < 4.78 is 43.6. The second-order valence-electron chi connectivity index (χ2n) is 3.72. The van der Waals surface area contributed by atoms with Crippen LogP contribution in [0.5, 0.6) is 0 Å². The highest BCUT2D eigenvalue weighted by molar-refractivity contribution is 7.89. The first-order chi connectivity index (χ1) is 8.55. The highest BCUT2D eigenvalue weighted by Gasteiger charge is 2.06. The van der Waals surface area contributed by atoms with Gasteiger partial charge in [0.1, 0.15) is 5.82 Å². The molecule has 0 unspecified atom stereocenters. The Kier molecular flexibility index (Phi) is 4.62. The van der Waals surface area contributed by atoms with Crippen LogP contribution in [0.1, 0.15) is 5.69 Å². The Morgan fingerprint density at radius 2 is 1.47 bits per heavy atom. The van der Waals surface area contributed by atoms with E-state index in [1.165, 1.54) is 6.07 Å². The Labute approximate surface area is 111 Å². The van der Waals surface area contributed by atoms with Gasteiger partial charge in [0.2, 0.25) is 26.0 Å². The van der Waals surface area contributed by atoms with E-state index in [9.17, 15) is 16.8 Å². The zero-order valence-corrected chi connectivity index (χ0v) is 12.1. The number of aromatic nitrogens is 2. The molecule has 0 saturated carbocycles. The molecule has 0 radical (unpaired) electrons. The Morgan fingerprint density at radius 3 is 2.00 bits per heavy atom. The highest BCUT2D eigenvalue weighted by atomic mass is 32.2. The van der Waals surface area contributed by atoms with Gasteiger partial charge >= 0.3 is 0 Å². The molecule has 0 aromatic carbocycles. The molecular weight excluding hydrogens is 296 g/mol. The van der Waals surface area contributed by atoms with Crippen LogP contribution in [0, 0.1) is 6.92 Å². The van der Waals surface area contributed by atoms with Crippen molar-refractivity contribution in [1.29, 1.82) is 0 Å². The molecule has 4 N–H and O–H groups in total. The smallest absolute Gasteiger partial charge is 0.240 e. The van der Waals surface area contributed by atoms with Crippen molar-refractivity contribution >= 4 is 31.8 Å². The number of sulfonamides is 2. The number of nitrogens with zero attached hydrogens (tertiary/aromatic N) is 2. The summed E-state index contributed by atoms with van der Waals surface area (Å²) in [7, 11) is -6.89. The predicted molar refractivity (Wildman–Crippen MR) is 70.0 cm³/mol. The number of aryl methyl sites for hydroxylation is 1. The minimum atomic E-state index is -3.46. The molecule has 0 bridgehead atoms. The first-order valence-corrected chi connectivity index (χ1v) is 8.65. The molecule has 1 heterocycles. The average Bonchev–Trinajstić information content (AvgIpc) is 2.21. The van der Waals surface area contributed by atoms with Gasteiger partial charge in [-0.1, -0.05) is 0 Å². The van der Waals surface area contributed by atoms with Crippen molar-refractivity contribution in [2.24, 2.45) is 0 Å². The van der Waals surface area contributed by atoms with Crippen LogP contribution in [0.15, 0.2) is 6.07 Å². The molecule has 0 aliphatic carbocycles. The highest BCUT2D eigenvalue weighted by Crippen LogP contribution is 2.08. The van der Waals surface area contributed by atoms with Crippen LogP contribution in [-0.4, -0.2) is 39.3 Å². The van der Waals surface area contributed by atoms with Gasteiger partial charge in [-0.05, 0) is 6.92 Å². The largest absolute Gasteiger partial charge is 0.292 e. The van der Waals surface area contributed by atoms with Crippen molar-refractivity contribution in [3.8, 4) is 0 Å². The Hall–Kier alpha value is -1.50. The fraction of sp³-hybridized carbons (Fsp3) is 0.429. The van der Waals surface area contributed by atoms with Crippen LogP contribution >= 0.6 is 0 Å². The van der Waals surface area contributed by atoms with Gasteiger partial charge in [0, 0.05) is 11.8 Å². The van der Waals surface area contributed by atoms with Crippen molar-refractivity contribution < 1.29 is 16.8 Å². The standard InChI is InChI=1S/C7H14N6O4S2/c1-5-4-6(10-12-18(2,14)15)9-7(8-5)11-13-19(3,16)17/h4,12-13H,1-3H3,(H2,8,9,10,11). The lowest BCUT2D eigenvalue weighted by molar-refractivity contribution is 0.592. The molecule has 0 amide bonds. The molecule has 1 aromatic rings. The van der Waals surface area contributed by atoms with Gasteiger partial charge in [-0.25, -0.2) is 21.8 Å². The maximum Gasteiger partial charge on any atom is 0.240 e. The minimum Gasteiger partial charge on any atom is -0.292 e. The van der Waals surface area contributed by atoms with E-state index < -0.39 is 20.0 Å². The van der Waals surface area contributed by atoms with Crippen molar-refractivity contribution in [3.05, 3.63) is 11.8 Å². The van der Waals surface area contributed by atoms with E-state index in [0.717, 1.165) is 12.5 Å². The second-order valence-corrected chi connectivity index (χ2v) is 7.21. The lowest BCUT2D eigenvalue weighted by Crippen LogP contribution is -2.31. The molecule has 1 rings (SSSR count). The first-order valence-electron chi connectivity index (χ1n) is 4.86.